The molecule has 298 valence electrons. The van der Waals surface area contributed by atoms with Crippen LogP contribution in [0.2, 0.25) is 0 Å². The van der Waals surface area contributed by atoms with Gasteiger partial charge >= 0.3 is 0 Å². The molecule has 0 fully saturated rings. The summed E-state index contributed by atoms with van der Waals surface area (Å²) in [6, 6.07) is 74.3. The number of ether oxygens (including phenoxy) is 2. The van der Waals surface area contributed by atoms with Gasteiger partial charge in [-0.15, -0.1) is 0 Å². The fraction of sp³-hybridized carbons (Fsp3) is 0.0508. The quantitative estimate of drug-likeness (QED) is 0.162. The van der Waals surface area contributed by atoms with Crippen molar-refractivity contribution < 1.29 is 9.47 Å². The average Bonchev–Trinajstić information content (AvgIpc) is 3.79. The van der Waals surface area contributed by atoms with Crippen molar-refractivity contribution >= 4 is 60.4 Å². The lowest BCUT2D eigenvalue weighted by Crippen LogP contribution is -2.16. The van der Waals surface area contributed by atoms with Gasteiger partial charge in [0.2, 0.25) is 0 Å². The van der Waals surface area contributed by atoms with Gasteiger partial charge in [0.25, 0.3) is 0 Å². The van der Waals surface area contributed by atoms with Crippen LogP contribution in [0.5, 0.6) is 23.0 Å². The van der Waals surface area contributed by atoms with Crippen molar-refractivity contribution in [1.29, 1.82) is 0 Å². The van der Waals surface area contributed by atoms with Crippen LogP contribution in [-0.2, 0) is 5.41 Å². The van der Waals surface area contributed by atoms with E-state index in [1.54, 1.807) is 0 Å². The van der Waals surface area contributed by atoms with E-state index in [9.17, 15) is 0 Å². The molecule has 0 spiro atoms. The van der Waals surface area contributed by atoms with Gasteiger partial charge in [-0.2, -0.15) is 0 Å². The van der Waals surface area contributed by atoms with Crippen LogP contribution in [0.4, 0.5) is 17.1 Å². The predicted molar refractivity (Wildman–Crippen MR) is 260 cm³/mol. The van der Waals surface area contributed by atoms with Gasteiger partial charge in [-0.1, -0.05) is 141 Å². The van der Waals surface area contributed by atoms with Gasteiger partial charge in [-0.3, -0.25) is 0 Å². The summed E-state index contributed by atoms with van der Waals surface area (Å²) < 4.78 is 15.4. The second-order valence-electron chi connectivity index (χ2n) is 17.3. The number of fused-ring (bicyclic) bond motifs is 12. The van der Waals surface area contributed by atoms with Gasteiger partial charge < -0.3 is 18.9 Å². The predicted octanol–water partition coefficient (Wildman–Crippen LogP) is 16.4. The fourth-order valence-electron chi connectivity index (χ4n) is 10.3. The van der Waals surface area contributed by atoms with Crippen molar-refractivity contribution in [3.8, 4) is 50.9 Å². The van der Waals surface area contributed by atoms with Crippen LogP contribution >= 0.6 is 0 Å². The van der Waals surface area contributed by atoms with Gasteiger partial charge in [0, 0.05) is 38.9 Å². The van der Waals surface area contributed by atoms with Crippen molar-refractivity contribution in [2.45, 2.75) is 19.3 Å². The normalized spacial score (nSPS) is 13.3. The molecule has 4 nitrogen and oxygen atoms in total. The van der Waals surface area contributed by atoms with E-state index < -0.39 is 0 Å². The summed E-state index contributed by atoms with van der Waals surface area (Å²) in [6.45, 7) is 4.70. The monoisotopic (exact) mass is 808 g/mol. The lowest BCUT2D eigenvalue weighted by Gasteiger charge is -2.28. The van der Waals surface area contributed by atoms with Crippen molar-refractivity contribution in [2.75, 3.05) is 4.90 Å². The van der Waals surface area contributed by atoms with Crippen molar-refractivity contribution in [3.63, 3.8) is 0 Å². The summed E-state index contributed by atoms with van der Waals surface area (Å²) in [5.41, 5.74) is 14.2. The summed E-state index contributed by atoms with van der Waals surface area (Å²) in [7, 11) is 0. The molecule has 0 amide bonds. The van der Waals surface area contributed by atoms with Gasteiger partial charge in [-0.05, 0) is 134 Å². The number of benzene rings is 10. The smallest absolute Gasteiger partial charge is 0.194 e. The molecular weight excluding hydrogens is 769 g/mol. The van der Waals surface area contributed by atoms with E-state index in [-0.39, 0.29) is 5.41 Å². The number of anilines is 3. The molecule has 1 aliphatic heterocycles. The van der Waals surface area contributed by atoms with Gasteiger partial charge in [0.15, 0.2) is 23.0 Å². The Kier molecular flexibility index (Phi) is 7.62. The van der Waals surface area contributed by atoms with Gasteiger partial charge in [-0.25, -0.2) is 0 Å². The minimum atomic E-state index is -0.114. The molecule has 0 saturated heterocycles. The first-order valence-electron chi connectivity index (χ1n) is 21.7. The van der Waals surface area contributed by atoms with E-state index in [0.717, 1.165) is 50.7 Å². The lowest BCUT2D eigenvalue weighted by molar-refractivity contribution is 0.362. The number of hydrogen-bond acceptors (Lipinski definition) is 3. The Balaban J connectivity index is 0.938. The molecule has 11 aromatic rings. The molecule has 0 N–H and O–H groups in total. The highest BCUT2D eigenvalue weighted by atomic mass is 16.6. The Bertz CT molecular complexity index is 3660. The second kappa shape index (κ2) is 13.5. The minimum absolute atomic E-state index is 0.114. The Morgan fingerprint density at radius 2 is 1.03 bits per heavy atom. The first-order chi connectivity index (χ1) is 31.0. The fourth-order valence-corrected chi connectivity index (χ4v) is 10.3. The largest absolute Gasteiger partial charge is 0.449 e. The highest BCUT2D eigenvalue weighted by Crippen LogP contribution is 2.52. The number of aromatic nitrogens is 1. The van der Waals surface area contributed by atoms with E-state index in [2.05, 4.69) is 199 Å². The second-order valence-corrected chi connectivity index (χ2v) is 17.3. The zero-order chi connectivity index (χ0) is 41.8. The Hall–Kier alpha value is -8.08. The SMILES string of the molecule is CC1(C)c2ccccc2-c2ccc(N(c3ccc(-c4ccccc4)cc3)c3ccc4c(ccc5cc(-n6c7ccccc7c7ccc8c(c76)Oc6ccccc6O8)ccc54)c3)cc21. The van der Waals surface area contributed by atoms with Crippen molar-refractivity contribution in [2.24, 2.45) is 0 Å². The standard InChI is InChI=1S/C59H40N2O2/c1-59(2)51-16-8-6-14-47(51)48-31-28-44(36-52(48)59)60(41-24-22-38(23-25-41)37-12-4-3-5-13-37)42-26-29-45-39(34-42)20-21-40-35-43(27-30-46(40)45)61-53-17-9-7-15-49(53)50-32-33-56-58(57(50)61)63-55-19-11-10-18-54(55)62-56/h3-36H,1-2H3. The molecule has 2 aliphatic rings. The van der Waals surface area contributed by atoms with Crippen LogP contribution in [-0.4, -0.2) is 4.57 Å². The molecule has 10 aromatic carbocycles. The summed E-state index contributed by atoms with van der Waals surface area (Å²) in [4.78, 5) is 2.41. The van der Waals surface area contributed by atoms with Gasteiger partial charge in [0.1, 0.15) is 5.52 Å². The minimum Gasteiger partial charge on any atom is -0.449 e. The molecule has 13 rings (SSSR count). The highest BCUT2D eigenvalue weighted by Gasteiger charge is 2.36. The molecule has 0 radical (unpaired) electrons. The first kappa shape index (κ1) is 35.7. The van der Waals surface area contributed by atoms with E-state index >= 15 is 0 Å². The summed E-state index contributed by atoms with van der Waals surface area (Å²) >= 11 is 0. The number of hydrogen-bond donors (Lipinski definition) is 0. The van der Waals surface area contributed by atoms with E-state index in [1.165, 1.54) is 60.3 Å². The van der Waals surface area contributed by atoms with E-state index in [1.807, 2.05) is 30.3 Å². The number of nitrogens with zero attached hydrogens (tertiary/aromatic N) is 2. The molecule has 63 heavy (non-hydrogen) atoms. The molecule has 0 atom stereocenters. The van der Waals surface area contributed by atoms with Crippen LogP contribution in [0, 0.1) is 0 Å². The third kappa shape index (κ3) is 5.41. The molecular formula is C59H40N2O2. The van der Waals surface area contributed by atoms with Crippen molar-refractivity contribution in [3.05, 3.63) is 217 Å². The molecule has 2 heterocycles. The summed E-state index contributed by atoms with van der Waals surface area (Å²) in [5, 5.41) is 7.05. The maximum Gasteiger partial charge on any atom is 0.194 e. The van der Waals surface area contributed by atoms with Crippen LogP contribution in [0.25, 0.3) is 71.3 Å². The molecule has 1 aliphatic carbocycles. The molecule has 1 aromatic heterocycles. The Morgan fingerprint density at radius 3 is 1.87 bits per heavy atom. The summed E-state index contributed by atoms with van der Waals surface area (Å²) in [6.07, 6.45) is 0. The van der Waals surface area contributed by atoms with Crippen LogP contribution in [0.15, 0.2) is 206 Å². The van der Waals surface area contributed by atoms with Gasteiger partial charge in [0.05, 0.1) is 5.52 Å². The molecule has 0 saturated carbocycles. The molecule has 0 bridgehead atoms. The van der Waals surface area contributed by atoms with E-state index in [4.69, 9.17) is 9.47 Å². The third-order valence-electron chi connectivity index (χ3n) is 13.4. The summed E-state index contributed by atoms with van der Waals surface area (Å²) in [5.74, 6) is 2.87. The maximum atomic E-state index is 6.64. The lowest BCUT2D eigenvalue weighted by atomic mass is 9.82. The Morgan fingerprint density at radius 1 is 0.413 bits per heavy atom. The Labute approximate surface area is 365 Å². The van der Waals surface area contributed by atoms with Crippen molar-refractivity contribution in [1.82, 2.24) is 4.57 Å². The van der Waals surface area contributed by atoms with Crippen LogP contribution < -0.4 is 14.4 Å². The third-order valence-corrected chi connectivity index (χ3v) is 13.4. The zero-order valence-corrected chi connectivity index (χ0v) is 34.8. The van der Waals surface area contributed by atoms with Crippen LogP contribution in [0.3, 0.4) is 0 Å². The average molecular weight is 809 g/mol. The number of rotatable bonds is 5. The maximum absolute atomic E-state index is 6.64. The number of para-hydroxylation sites is 3. The first-order valence-corrected chi connectivity index (χ1v) is 21.7. The zero-order valence-electron chi connectivity index (χ0n) is 34.8. The molecule has 0 unspecified atom stereocenters. The highest BCUT2D eigenvalue weighted by molar-refractivity contribution is 6.13. The molecule has 4 heteroatoms. The topological polar surface area (TPSA) is 26.6 Å². The van der Waals surface area contributed by atoms with Crippen LogP contribution in [0.1, 0.15) is 25.0 Å². The van der Waals surface area contributed by atoms with E-state index in [0.29, 0.717) is 11.5 Å².